The minimum Gasteiger partial charge on any atom is -0.488 e. The van der Waals surface area contributed by atoms with Crippen LogP contribution < -0.4 is 14.6 Å². The minimum absolute atomic E-state index is 0.188. The van der Waals surface area contributed by atoms with Gasteiger partial charge in [-0.2, -0.15) is 4.40 Å². The van der Waals surface area contributed by atoms with Crippen LogP contribution >= 0.6 is 11.3 Å². The number of esters is 1. The zero-order chi connectivity index (χ0) is 24.0. The molecule has 2 aromatic heterocycles. The zero-order valence-electron chi connectivity index (χ0n) is 20.2. The van der Waals surface area contributed by atoms with Crippen LogP contribution in [0.2, 0.25) is 0 Å². The SMILES string of the molecule is COC(=O)CC1COc2ccccc2-c2c(NC(C)(C)C)n3c(-c4ccccc4)c(C)sc3[n+]21. The van der Waals surface area contributed by atoms with Crippen molar-refractivity contribution in [2.24, 2.45) is 0 Å². The fourth-order valence-electron chi connectivity index (χ4n) is 4.63. The van der Waals surface area contributed by atoms with Gasteiger partial charge in [0.1, 0.15) is 18.4 Å². The largest absolute Gasteiger partial charge is 0.488 e. The van der Waals surface area contributed by atoms with Gasteiger partial charge in [0.05, 0.1) is 24.0 Å². The lowest BCUT2D eigenvalue weighted by molar-refractivity contribution is -0.684. The van der Waals surface area contributed by atoms with Crippen molar-refractivity contribution in [3.05, 3.63) is 59.5 Å². The van der Waals surface area contributed by atoms with Crippen molar-refractivity contribution in [2.75, 3.05) is 19.0 Å². The van der Waals surface area contributed by atoms with E-state index in [-0.39, 0.29) is 24.0 Å². The zero-order valence-corrected chi connectivity index (χ0v) is 21.0. The summed E-state index contributed by atoms with van der Waals surface area (Å²) >= 11 is 1.74. The second kappa shape index (κ2) is 8.47. The van der Waals surface area contributed by atoms with Crippen LogP contribution in [0, 0.1) is 6.92 Å². The Morgan fingerprint density at radius 1 is 1.18 bits per heavy atom. The van der Waals surface area contributed by atoms with E-state index in [4.69, 9.17) is 9.47 Å². The maximum atomic E-state index is 12.4. The van der Waals surface area contributed by atoms with Crippen molar-refractivity contribution in [2.45, 2.75) is 45.7 Å². The monoisotopic (exact) mass is 476 g/mol. The molecule has 1 aliphatic rings. The normalized spacial score (nSPS) is 15.3. The number of hydrogen-bond donors (Lipinski definition) is 1. The third-order valence-corrected chi connectivity index (χ3v) is 7.06. The van der Waals surface area contributed by atoms with Crippen LogP contribution in [0.1, 0.15) is 38.1 Å². The van der Waals surface area contributed by atoms with Crippen molar-refractivity contribution < 1.29 is 18.8 Å². The number of para-hydroxylation sites is 1. The quantitative estimate of drug-likeness (QED) is 0.306. The molecule has 0 fully saturated rings. The molecule has 34 heavy (non-hydrogen) atoms. The van der Waals surface area contributed by atoms with Crippen LogP contribution in [-0.4, -0.2) is 29.6 Å². The van der Waals surface area contributed by atoms with E-state index >= 15 is 0 Å². The number of thiazole rings is 1. The Hall–Kier alpha value is -3.32. The number of ether oxygens (including phenoxy) is 2. The number of methoxy groups -OCH3 is 1. The van der Waals surface area contributed by atoms with E-state index in [9.17, 15) is 4.79 Å². The molecule has 0 bridgehead atoms. The Labute approximate surface area is 203 Å². The molecule has 6 nitrogen and oxygen atoms in total. The lowest BCUT2D eigenvalue weighted by atomic mass is 10.1. The molecule has 0 amide bonds. The summed E-state index contributed by atoms with van der Waals surface area (Å²) in [6, 6.07) is 18.4. The van der Waals surface area contributed by atoms with Gasteiger partial charge in [0.15, 0.2) is 5.69 Å². The van der Waals surface area contributed by atoms with Crippen molar-refractivity contribution in [1.82, 2.24) is 4.40 Å². The molecule has 0 aliphatic carbocycles. The van der Waals surface area contributed by atoms with Gasteiger partial charge in [-0.05, 0) is 39.8 Å². The topological polar surface area (TPSA) is 55.9 Å². The molecule has 0 spiro atoms. The number of benzene rings is 2. The highest BCUT2D eigenvalue weighted by Crippen LogP contribution is 2.43. The number of anilines is 1. The fourth-order valence-corrected chi connectivity index (χ4v) is 5.83. The van der Waals surface area contributed by atoms with Crippen molar-refractivity contribution in [1.29, 1.82) is 0 Å². The number of carbonyl (C=O) groups is 1. The van der Waals surface area contributed by atoms with Gasteiger partial charge in [-0.1, -0.05) is 53.8 Å². The Morgan fingerprint density at radius 3 is 2.59 bits per heavy atom. The predicted octanol–water partition coefficient (Wildman–Crippen LogP) is 5.64. The summed E-state index contributed by atoms with van der Waals surface area (Å²) in [7, 11) is 1.44. The van der Waals surface area contributed by atoms with Gasteiger partial charge in [0.2, 0.25) is 11.5 Å². The van der Waals surface area contributed by atoms with Crippen LogP contribution in [0.15, 0.2) is 54.6 Å². The molecule has 2 aromatic carbocycles. The first kappa shape index (κ1) is 22.5. The number of nitrogens with one attached hydrogen (secondary N) is 1. The summed E-state index contributed by atoms with van der Waals surface area (Å²) < 4.78 is 15.9. The molecule has 0 saturated heterocycles. The van der Waals surface area contributed by atoms with E-state index in [1.165, 1.54) is 12.0 Å². The fraction of sp³-hybridized carbons (Fsp3) is 0.333. The number of aromatic nitrogens is 2. The molecule has 5 rings (SSSR count). The third kappa shape index (κ3) is 3.84. The van der Waals surface area contributed by atoms with Gasteiger partial charge < -0.3 is 14.8 Å². The second-order valence-corrected chi connectivity index (χ2v) is 10.9. The molecular formula is C27H30N3O3S+. The van der Waals surface area contributed by atoms with E-state index in [2.05, 4.69) is 72.3 Å². The molecule has 4 aromatic rings. The van der Waals surface area contributed by atoms with Crippen LogP contribution in [0.4, 0.5) is 5.82 Å². The maximum Gasteiger partial charge on any atom is 0.349 e. The van der Waals surface area contributed by atoms with Crippen molar-refractivity contribution in [3.8, 4) is 28.3 Å². The molecule has 0 radical (unpaired) electrons. The highest BCUT2D eigenvalue weighted by molar-refractivity contribution is 7.17. The first-order chi connectivity index (χ1) is 16.3. The first-order valence-corrected chi connectivity index (χ1v) is 12.3. The van der Waals surface area contributed by atoms with E-state index in [1.54, 1.807) is 11.3 Å². The summed E-state index contributed by atoms with van der Waals surface area (Å²) in [6.45, 7) is 9.03. The van der Waals surface area contributed by atoms with Gasteiger partial charge in [-0.15, -0.1) is 0 Å². The van der Waals surface area contributed by atoms with Gasteiger partial charge in [-0.25, -0.2) is 4.57 Å². The second-order valence-electron chi connectivity index (χ2n) is 9.67. The molecule has 176 valence electrons. The van der Waals surface area contributed by atoms with Gasteiger partial charge in [0.25, 0.3) is 0 Å². The van der Waals surface area contributed by atoms with E-state index in [0.29, 0.717) is 6.61 Å². The minimum atomic E-state index is -0.251. The number of imidazole rings is 1. The molecular weight excluding hydrogens is 446 g/mol. The third-order valence-electron chi connectivity index (χ3n) is 6.00. The van der Waals surface area contributed by atoms with Gasteiger partial charge in [0, 0.05) is 11.1 Å². The molecule has 1 aliphatic heterocycles. The number of rotatable bonds is 4. The van der Waals surface area contributed by atoms with Crippen molar-refractivity contribution >= 4 is 28.1 Å². The first-order valence-electron chi connectivity index (χ1n) is 11.5. The summed E-state index contributed by atoms with van der Waals surface area (Å²) in [5.74, 6) is 1.56. The molecule has 0 saturated carbocycles. The van der Waals surface area contributed by atoms with Crippen LogP contribution in [-0.2, 0) is 9.53 Å². The van der Waals surface area contributed by atoms with E-state index < -0.39 is 0 Å². The Morgan fingerprint density at radius 2 is 1.88 bits per heavy atom. The number of aryl methyl sites for hydroxylation is 1. The Balaban J connectivity index is 1.90. The summed E-state index contributed by atoms with van der Waals surface area (Å²) in [5.41, 5.74) is 4.16. The number of hydrogen-bond acceptors (Lipinski definition) is 5. The van der Waals surface area contributed by atoms with Crippen LogP contribution in [0.25, 0.3) is 27.5 Å². The van der Waals surface area contributed by atoms with E-state index in [0.717, 1.165) is 39.0 Å². The molecule has 1 N–H and O–H groups in total. The van der Waals surface area contributed by atoms with Crippen LogP contribution in [0.3, 0.4) is 0 Å². The summed E-state index contributed by atoms with van der Waals surface area (Å²) in [6.07, 6.45) is 0.231. The number of fused-ring (bicyclic) bond motifs is 5. The van der Waals surface area contributed by atoms with Crippen molar-refractivity contribution in [3.63, 3.8) is 0 Å². The number of carbonyl (C=O) groups excluding carboxylic acids is 1. The average Bonchev–Trinajstić information content (AvgIpc) is 3.22. The predicted molar refractivity (Wildman–Crippen MR) is 136 cm³/mol. The lowest BCUT2D eigenvalue weighted by Crippen LogP contribution is -2.43. The van der Waals surface area contributed by atoms with Gasteiger partial charge in [-0.3, -0.25) is 4.79 Å². The Kier molecular flexibility index (Phi) is 5.60. The standard InChI is InChI=1S/C27H30N3O3S/c1-17-23(18-11-7-6-8-12-18)30-25(28-27(2,3)4)24-20-13-9-10-14-21(20)33-16-19(15-22(31)32-5)29(24)26(30)34-17/h6-14,19,28H,15-16H2,1-5H3/q+1. The summed E-state index contributed by atoms with van der Waals surface area (Å²) in [5, 5.41) is 3.79. The molecule has 1 unspecified atom stereocenters. The highest BCUT2D eigenvalue weighted by Gasteiger charge is 2.41. The molecule has 1 atom stereocenters. The Bertz CT molecular complexity index is 1370. The summed E-state index contributed by atoms with van der Waals surface area (Å²) in [4.78, 5) is 14.7. The average molecular weight is 477 g/mol. The highest BCUT2D eigenvalue weighted by atomic mass is 32.1. The van der Waals surface area contributed by atoms with Crippen LogP contribution in [0.5, 0.6) is 5.75 Å². The molecule has 3 heterocycles. The lowest BCUT2D eigenvalue weighted by Gasteiger charge is -2.20. The smallest absolute Gasteiger partial charge is 0.349 e. The number of nitrogens with zero attached hydrogens (tertiary/aromatic N) is 2. The maximum absolute atomic E-state index is 12.4. The molecule has 7 heteroatoms. The van der Waals surface area contributed by atoms with Gasteiger partial charge >= 0.3 is 10.9 Å². The van der Waals surface area contributed by atoms with E-state index in [1.807, 2.05) is 24.3 Å².